The van der Waals surface area contributed by atoms with E-state index in [9.17, 15) is 8.42 Å². The van der Waals surface area contributed by atoms with Crippen molar-refractivity contribution in [3.8, 4) is 0 Å². The Labute approximate surface area is 153 Å². The molecule has 0 saturated carbocycles. The lowest BCUT2D eigenvalue weighted by Gasteiger charge is -2.35. The Bertz CT molecular complexity index is 675. The van der Waals surface area contributed by atoms with Crippen LogP contribution < -0.4 is 10.6 Å². The molecule has 2 aliphatic heterocycles. The molecular formula is C15H26N6O2S2. The SMILES string of the molecule is CS(=O)(=O)N1CCC(CN=C(N)N2CCN(c3nccs3)CC2)CC1. The van der Waals surface area contributed by atoms with Crippen LogP contribution >= 0.6 is 11.3 Å². The van der Waals surface area contributed by atoms with Crippen LogP contribution in [0.2, 0.25) is 0 Å². The molecule has 2 fully saturated rings. The number of piperazine rings is 1. The van der Waals surface area contributed by atoms with Gasteiger partial charge in [0.25, 0.3) is 0 Å². The lowest BCUT2D eigenvalue weighted by Crippen LogP contribution is -2.51. The minimum absolute atomic E-state index is 0.410. The first-order valence-corrected chi connectivity index (χ1v) is 11.3. The van der Waals surface area contributed by atoms with E-state index in [0.29, 0.717) is 31.5 Å². The fourth-order valence-electron chi connectivity index (χ4n) is 3.25. The molecule has 3 rings (SSSR count). The van der Waals surface area contributed by atoms with Crippen LogP contribution in [0.1, 0.15) is 12.8 Å². The molecule has 140 valence electrons. The smallest absolute Gasteiger partial charge is 0.211 e. The second-order valence-electron chi connectivity index (χ2n) is 6.59. The van der Waals surface area contributed by atoms with Gasteiger partial charge in [-0.25, -0.2) is 17.7 Å². The van der Waals surface area contributed by atoms with Gasteiger partial charge >= 0.3 is 0 Å². The number of aliphatic imine (C=N–C) groups is 1. The van der Waals surface area contributed by atoms with Gasteiger partial charge in [0.15, 0.2) is 11.1 Å². The molecule has 1 aromatic heterocycles. The average Bonchev–Trinajstić information content (AvgIpc) is 3.14. The van der Waals surface area contributed by atoms with Crippen LogP contribution in [0.5, 0.6) is 0 Å². The highest BCUT2D eigenvalue weighted by Crippen LogP contribution is 2.20. The van der Waals surface area contributed by atoms with Gasteiger partial charge in [0.1, 0.15) is 0 Å². The number of rotatable bonds is 4. The monoisotopic (exact) mass is 386 g/mol. The van der Waals surface area contributed by atoms with Crippen LogP contribution in [0.25, 0.3) is 0 Å². The second-order valence-corrected chi connectivity index (χ2v) is 9.45. The number of hydrogen-bond acceptors (Lipinski definition) is 6. The maximum atomic E-state index is 11.5. The van der Waals surface area contributed by atoms with Crippen LogP contribution in [0.4, 0.5) is 5.13 Å². The molecule has 8 nitrogen and oxygen atoms in total. The van der Waals surface area contributed by atoms with Crippen LogP contribution in [0.15, 0.2) is 16.6 Å². The molecule has 0 bridgehead atoms. The molecule has 0 radical (unpaired) electrons. The normalized spacial score (nSPS) is 21.7. The summed E-state index contributed by atoms with van der Waals surface area (Å²) in [6, 6.07) is 0. The minimum atomic E-state index is -3.07. The largest absolute Gasteiger partial charge is 0.370 e. The predicted octanol–water partition coefficient (Wildman–Crippen LogP) is 0.251. The Balaban J connectivity index is 1.44. The molecule has 10 heteroatoms. The summed E-state index contributed by atoms with van der Waals surface area (Å²) in [5.41, 5.74) is 6.16. The summed E-state index contributed by atoms with van der Waals surface area (Å²) in [5.74, 6) is 1.01. The third kappa shape index (κ3) is 4.83. The molecule has 2 saturated heterocycles. The summed E-state index contributed by atoms with van der Waals surface area (Å²) in [6.45, 7) is 5.35. The minimum Gasteiger partial charge on any atom is -0.370 e. The molecule has 0 atom stereocenters. The van der Waals surface area contributed by atoms with Crippen molar-refractivity contribution >= 4 is 32.5 Å². The third-order valence-corrected chi connectivity index (χ3v) is 6.98. The van der Waals surface area contributed by atoms with Crippen LogP contribution in [0.3, 0.4) is 0 Å². The fourth-order valence-corrected chi connectivity index (χ4v) is 4.82. The van der Waals surface area contributed by atoms with Gasteiger partial charge in [-0.2, -0.15) is 0 Å². The number of nitrogens with two attached hydrogens (primary N) is 1. The van der Waals surface area contributed by atoms with Gasteiger partial charge < -0.3 is 15.5 Å². The molecule has 0 aliphatic carbocycles. The van der Waals surface area contributed by atoms with Crippen molar-refractivity contribution in [3.05, 3.63) is 11.6 Å². The van der Waals surface area contributed by atoms with E-state index in [1.807, 2.05) is 11.6 Å². The molecule has 0 unspecified atom stereocenters. The van der Waals surface area contributed by atoms with Gasteiger partial charge in [-0.15, -0.1) is 11.3 Å². The summed E-state index contributed by atoms with van der Waals surface area (Å²) in [4.78, 5) is 13.3. The maximum absolute atomic E-state index is 11.5. The number of anilines is 1. The maximum Gasteiger partial charge on any atom is 0.211 e. The molecule has 25 heavy (non-hydrogen) atoms. The number of guanidine groups is 1. The van der Waals surface area contributed by atoms with E-state index < -0.39 is 10.0 Å². The molecule has 0 aromatic carbocycles. The van der Waals surface area contributed by atoms with Gasteiger partial charge in [-0.05, 0) is 18.8 Å². The van der Waals surface area contributed by atoms with E-state index >= 15 is 0 Å². The van der Waals surface area contributed by atoms with Crippen molar-refractivity contribution in [2.75, 3.05) is 57.0 Å². The quantitative estimate of drug-likeness (QED) is 0.589. The van der Waals surface area contributed by atoms with E-state index in [-0.39, 0.29) is 0 Å². The van der Waals surface area contributed by atoms with Gasteiger partial charge in [0.2, 0.25) is 10.0 Å². The van der Waals surface area contributed by atoms with E-state index in [0.717, 1.165) is 44.2 Å². The van der Waals surface area contributed by atoms with Crippen molar-refractivity contribution in [3.63, 3.8) is 0 Å². The van der Waals surface area contributed by atoms with Gasteiger partial charge in [0, 0.05) is 57.4 Å². The van der Waals surface area contributed by atoms with Crippen LogP contribution in [0, 0.1) is 5.92 Å². The molecule has 2 N–H and O–H groups in total. The molecular weight excluding hydrogens is 360 g/mol. The van der Waals surface area contributed by atoms with Crippen molar-refractivity contribution in [2.45, 2.75) is 12.8 Å². The zero-order valence-electron chi connectivity index (χ0n) is 14.5. The number of sulfonamides is 1. The summed E-state index contributed by atoms with van der Waals surface area (Å²) in [5, 5.41) is 3.06. The topological polar surface area (TPSA) is 95.1 Å². The molecule has 0 spiro atoms. The summed E-state index contributed by atoms with van der Waals surface area (Å²) < 4.78 is 24.6. The van der Waals surface area contributed by atoms with Crippen molar-refractivity contribution in [1.82, 2.24) is 14.2 Å². The zero-order valence-corrected chi connectivity index (χ0v) is 16.2. The highest BCUT2D eigenvalue weighted by Gasteiger charge is 2.25. The molecule has 0 amide bonds. The van der Waals surface area contributed by atoms with Crippen molar-refractivity contribution in [1.29, 1.82) is 0 Å². The lowest BCUT2D eigenvalue weighted by atomic mass is 9.98. The summed E-state index contributed by atoms with van der Waals surface area (Å²) in [6.07, 6.45) is 4.80. The Morgan fingerprint density at radius 2 is 1.96 bits per heavy atom. The number of nitrogens with zero attached hydrogens (tertiary/aromatic N) is 5. The van der Waals surface area contributed by atoms with E-state index in [1.54, 1.807) is 15.6 Å². The number of piperidine rings is 1. The number of aromatic nitrogens is 1. The number of hydrogen-bond donors (Lipinski definition) is 1. The fraction of sp³-hybridized carbons (Fsp3) is 0.733. The highest BCUT2D eigenvalue weighted by molar-refractivity contribution is 7.88. The average molecular weight is 387 g/mol. The Hall–Kier alpha value is -1.39. The first-order chi connectivity index (χ1) is 11.9. The van der Waals surface area contributed by atoms with Crippen LogP contribution in [-0.2, 0) is 10.0 Å². The molecule has 3 heterocycles. The molecule has 1 aromatic rings. The summed E-state index contributed by atoms with van der Waals surface area (Å²) in [7, 11) is -3.07. The first-order valence-electron chi connectivity index (χ1n) is 8.58. The second kappa shape index (κ2) is 7.88. The van der Waals surface area contributed by atoms with Gasteiger partial charge in [-0.3, -0.25) is 4.99 Å². The predicted molar refractivity (Wildman–Crippen MR) is 102 cm³/mol. The highest BCUT2D eigenvalue weighted by atomic mass is 32.2. The van der Waals surface area contributed by atoms with Gasteiger partial charge in [0.05, 0.1) is 6.26 Å². The van der Waals surface area contributed by atoms with Crippen LogP contribution in [-0.4, -0.2) is 80.6 Å². The third-order valence-electron chi connectivity index (χ3n) is 4.85. The van der Waals surface area contributed by atoms with E-state index in [4.69, 9.17) is 5.73 Å². The Kier molecular flexibility index (Phi) is 5.80. The number of thiazole rings is 1. The Morgan fingerprint density at radius 1 is 1.28 bits per heavy atom. The summed E-state index contributed by atoms with van der Waals surface area (Å²) >= 11 is 1.66. The van der Waals surface area contributed by atoms with E-state index in [1.165, 1.54) is 6.26 Å². The van der Waals surface area contributed by atoms with Gasteiger partial charge in [-0.1, -0.05) is 0 Å². The molecule has 2 aliphatic rings. The van der Waals surface area contributed by atoms with Crippen molar-refractivity contribution < 1.29 is 8.42 Å². The lowest BCUT2D eigenvalue weighted by molar-refractivity contribution is 0.279. The first kappa shape index (κ1) is 18.4. The van der Waals surface area contributed by atoms with Crippen molar-refractivity contribution in [2.24, 2.45) is 16.6 Å². The zero-order chi connectivity index (χ0) is 17.9. The standard InChI is InChI=1S/C15H26N6O2S2/c1-25(22,23)21-5-2-13(3-6-21)12-18-14(16)19-7-9-20(10-8-19)15-17-4-11-24-15/h4,11,13H,2-3,5-10,12H2,1H3,(H2,16,18). The van der Waals surface area contributed by atoms with E-state index in [2.05, 4.69) is 19.8 Å². The Morgan fingerprint density at radius 3 is 2.52 bits per heavy atom.